The molecular weight excluding hydrogens is 298 g/mol. The minimum Gasteiger partial charge on any atom is -0.327 e. The van der Waals surface area contributed by atoms with Crippen molar-refractivity contribution in [2.45, 2.75) is 42.4 Å². The second-order valence-electron chi connectivity index (χ2n) is 4.87. The Morgan fingerprint density at radius 2 is 1.94 bits per heavy atom. The van der Waals surface area contributed by atoms with Crippen LogP contribution in [-0.2, 0) is 10.8 Å². The van der Waals surface area contributed by atoms with Crippen molar-refractivity contribution >= 4 is 26.7 Å². The first-order chi connectivity index (χ1) is 8.08. The highest BCUT2D eigenvalue weighted by Gasteiger charge is 2.31. The Balaban J connectivity index is 2.15. The third-order valence-electron chi connectivity index (χ3n) is 3.43. The molecule has 0 spiro atoms. The fourth-order valence-electron chi connectivity index (χ4n) is 2.34. The highest BCUT2D eigenvalue weighted by molar-refractivity contribution is 9.10. The summed E-state index contributed by atoms with van der Waals surface area (Å²) >= 11 is 3.39. The highest BCUT2D eigenvalue weighted by atomic mass is 79.9. The Kier molecular flexibility index (Phi) is 4.39. The average molecular weight is 316 g/mol. The normalized spacial score (nSPS) is 31.1. The number of benzene rings is 1. The molecule has 0 aromatic heterocycles. The molecule has 1 aliphatic rings. The van der Waals surface area contributed by atoms with Crippen LogP contribution in [0.15, 0.2) is 33.6 Å². The van der Waals surface area contributed by atoms with Gasteiger partial charge in [0.2, 0.25) is 0 Å². The van der Waals surface area contributed by atoms with Crippen LogP contribution < -0.4 is 5.73 Å². The summed E-state index contributed by atoms with van der Waals surface area (Å²) in [7, 11) is -0.975. The first-order valence-corrected chi connectivity index (χ1v) is 8.00. The molecule has 1 aliphatic carbocycles. The van der Waals surface area contributed by atoms with Gasteiger partial charge in [0.05, 0.1) is 16.0 Å². The third kappa shape index (κ3) is 3.18. The molecule has 0 saturated heterocycles. The van der Waals surface area contributed by atoms with Gasteiger partial charge >= 0.3 is 0 Å². The van der Waals surface area contributed by atoms with E-state index < -0.39 is 10.8 Å². The quantitative estimate of drug-likeness (QED) is 0.911. The van der Waals surface area contributed by atoms with Gasteiger partial charge < -0.3 is 5.73 Å². The van der Waals surface area contributed by atoms with Crippen molar-refractivity contribution in [1.29, 1.82) is 0 Å². The minimum absolute atomic E-state index is 0.0793. The largest absolute Gasteiger partial charge is 0.327 e. The molecule has 2 N–H and O–H groups in total. The van der Waals surface area contributed by atoms with Gasteiger partial charge in [-0.25, -0.2) is 0 Å². The van der Waals surface area contributed by atoms with E-state index in [2.05, 4.69) is 22.9 Å². The van der Waals surface area contributed by atoms with Gasteiger partial charge in [0.15, 0.2) is 0 Å². The predicted molar refractivity (Wildman–Crippen MR) is 75.3 cm³/mol. The van der Waals surface area contributed by atoms with Crippen molar-refractivity contribution in [3.63, 3.8) is 0 Å². The lowest BCUT2D eigenvalue weighted by Crippen LogP contribution is -2.42. The molecule has 2 rings (SSSR count). The Hall–Kier alpha value is -0.190. The van der Waals surface area contributed by atoms with E-state index in [1.54, 1.807) is 0 Å². The summed E-state index contributed by atoms with van der Waals surface area (Å²) in [5, 5.41) is 0.111. The van der Waals surface area contributed by atoms with Crippen LogP contribution in [0.4, 0.5) is 0 Å². The summed E-state index contributed by atoms with van der Waals surface area (Å²) in [6.45, 7) is 2.22. The third-order valence-corrected chi connectivity index (χ3v) is 5.78. The van der Waals surface area contributed by atoms with Crippen molar-refractivity contribution in [3.05, 3.63) is 28.7 Å². The van der Waals surface area contributed by atoms with Crippen LogP contribution in [0, 0.1) is 5.92 Å². The molecule has 94 valence electrons. The lowest BCUT2D eigenvalue weighted by Gasteiger charge is -2.31. The topological polar surface area (TPSA) is 43.1 Å². The maximum absolute atomic E-state index is 12.5. The fourth-order valence-corrected chi connectivity index (χ4v) is 4.32. The summed E-state index contributed by atoms with van der Waals surface area (Å²) in [5.41, 5.74) is 6.11. The maximum Gasteiger partial charge on any atom is 0.0576 e. The molecule has 1 aromatic carbocycles. The summed E-state index contributed by atoms with van der Waals surface area (Å²) < 4.78 is 13.5. The molecule has 1 aromatic rings. The van der Waals surface area contributed by atoms with Crippen LogP contribution >= 0.6 is 15.9 Å². The summed E-state index contributed by atoms with van der Waals surface area (Å²) in [4.78, 5) is 0.891. The van der Waals surface area contributed by atoms with Crippen molar-refractivity contribution in [3.8, 4) is 0 Å². The number of nitrogens with two attached hydrogens (primary N) is 1. The van der Waals surface area contributed by atoms with Crippen LogP contribution in [0.3, 0.4) is 0 Å². The molecule has 4 heteroatoms. The number of halogens is 1. The first-order valence-electron chi connectivity index (χ1n) is 5.99. The molecule has 0 radical (unpaired) electrons. The monoisotopic (exact) mass is 315 g/mol. The second kappa shape index (κ2) is 5.63. The van der Waals surface area contributed by atoms with Crippen molar-refractivity contribution in [2.75, 3.05) is 0 Å². The van der Waals surface area contributed by atoms with Gasteiger partial charge in [-0.1, -0.05) is 22.9 Å². The zero-order valence-electron chi connectivity index (χ0n) is 9.93. The zero-order valence-corrected chi connectivity index (χ0v) is 12.3. The molecule has 0 bridgehead atoms. The van der Waals surface area contributed by atoms with Gasteiger partial charge in [0.1, 0.15) is 0 Å². The standard InChI is InChI=1S/C13H18BrNOS/c1-9-2-7-12(15)13(8-9)17(16)11-5-3-10(14)4-6-11/h3-6,9,12-13H,2,7-8,15H2,1H3. The van der Waals surface area contributed by atoms with Gasteiger partial charge in [-0.15, -0.1) is 0 Å². The molecular formula is C13H18BrNOS. The van der Waals surface area contributed by atoms with Crippen molar-refractivity contribution in [1.82, 2.24) is 0 Å². The molecule has 1 fully saturated rings. The SMILES string of the molecule is CC1CCC(N)C(S(=O)c2ccc(Br)cc2)C1. The van der Waals surface area contributed by atoms with Gasteiger partial charge in [0, 0.05) is 15.4 Å². The number of rotatable bonds is 2. The second-order valence-corrected chi connectivity index (χ2v) is 7.46. The van der Waals surface area contributed by atoms with Crippen LogP contribution in [0.5, 0.6) is 0 Å². The molecule has 4 unspecified atom stereocenters. The van der Waals surface area contributed by atoms with Crippen LogP contribution in [-0.4, -0.2) is 15.5 Å². The number of hydrogen-bond donors (Lipinski definition) is 1. The van der Waals surface area contributed by atoms with E-state index in [9.17, 15) is 4.21 Å². The smallest absolute Gasteiger partial charge is 0.0576 e. The van der Waals surface area contributed by atoms with Crippen LogP contribution in [0.25, 0.3) is 0 Å². The Morgan fingerprint density at radius 3 is 2.59 bits per heavy atom. The Bertz CT molecular complexity index is 406. The van der Waals surface area contributed by atoms with Gasteiger partial charge in [-0.3, -0.25) is 4.21 Å². The van der Waals surface area contributed by atoms with E-state index in [1.807, 2.05) is 24.3 Å². The average Bonchev–Trinajstić information content (AvgIpc) is 2.32. The summed E-state index contributed by atoms with van der Waals surface area (Å²) in [5.74, 6) is 0.638. The van der Waals surface area contributed by atoms with Crippen molar-refractivity contribution in [2.24, 2.45) is 11.7 Å². The minimum atomic E-state index is -0.975. The molecule has 17 heavy (non-hydrogen) atoms. The zero-order chi connectivity index (χ0) is 12.4. The Morgan fingerprint density at radius 1 is 1.29 bits per heavy atom. The highest BCUT2D eigenvalue weighted by Crippen LogP contribution is 2.29. The van der Waals surface area contributed by atoms with Crippen LogP contribution in [0.2, 0.25) is 0 Å². The van der Waals surface area contributed by atoms with E-state index in [4.69, 9.17) is 5.73 Å². The summed E-state index contributed by atoms with van der Waals surface area (Å²) in [6, 6.07) is 7.80. The Labute approximate surface area is 114 Å². The van der Waals surface area contributed by atoms with E-state index >= 15 is 0 Å². The summed E-state index contributed by atoms with van der Waals surface area (Å²) in [6.07, 6.45) is 3.13. The van der Waals surface area contributed by atoms with Crippen molar-refractivity contribution < 1.29 is 4.21 Å². The van der Waals surface area contributed by atoms with Crippen LogP contribution in [0.1, 0.15) is 26.2 Å². The van der Waals surface area contributed by atoms with E-state index in [1.165, 1.54) is 0 Å². The van der Waals surface area contributed by atoms with E-state index in [0.29, 0.717) is 5.92 Å². The molecule has 2 nitrogen and oxygen atoms in total. The lowest BCUT2D eigenvalue weighted by atomic mass is 9.87. The van der Waals surface area contributed by atoms with Gasteiger partial charge in [-0.05, 0) is 49.4 Å². The van der Waals surface area contributed by atoms with Gasteiger partial charge in [-0.2, -0.15) is 0 Å². The number of hydrogen-bond acceptors (Lipinski definition) is 2. The molecule has 4 atom stereocenters. The fraction of sp³-hybridized carbons (Fsp3) is 0.538. The predicted octanol–water partition coefficient (Wildman–Crippen LogP) is 3.07. The lowest BCUT2D eigenvalue weighted by molar-refractivity contribution is 0.353. The molecule has 1 saturated carbocycles. The molecule has 0 aliphatic heterocycles. The van der Waals surface area contributed by atoms with E-state index in [0.717, 1.165) is 28.6 Å². The van der Waals surface area contributed by atoms with Gasteiger partial charge in [0.25, 0.3) is 0 Å². The first kappa shape index (κ1) is 13.2. The van der Waals surface area contributed by atoms with E-state index in [-0.39, 0.29) is 11.3 Å². The maximum atomic E-state index is 12.5. The molecule has 0 heterocycles. The molecule has 0 amide bonds.